The van der Waals surface area contributed by atoms with Gasteiger partial charge in [0.25, 0.3) is 0 Å². The maximum absolute atomic E-state index is 12.4. The second-order valence-electron chi connectivity index (χ2n) is 7.17. The fraction of sp³-hybridized carbons (Fsp3) is 0.875. The van der Waals surface area contributed by atoms with Gasteiger partial charge in [-0.2, -0.15) is 0 Å². The number of hydrogen-bond donors (Lipinski definition) is 1. The average molecular weight is 325 g/mol. The summed E-state index contributed by atoms with van der Waals surface area (Å²) in [5, 5.41) is 0. The summed E-state index contributed by atoms with van der Waals surface area (Å²) < 4.78 is 22.3. The van der Waals surface area contributed by atoms with Gasteiger partial charge in [0.1, 0.15) is 11.6 Å². The Balaban J connectivity index is 1.66. The summed E-state index contributed by atoms with van der Waals surface area (Å²) in [5.41, 5.74) is 5.13. The van der Waals surface area contributed by atoms with Crippen molar-refractivity contribution < 1.29 is 28.5 Å². The van der Waals surface area contributed by atoms with Crippen LogP contribution in [0.15, 0.2) is 0 Å². The van der Waals surface area contributed by atoms with E-state index >= 15 is 0 Å². The minimum absolute atomic E-state index is 0.127. The van der Waals surface area contributed by atoms with Crippen molar-refractivity contribution in [2.45, 2.75) is 55.6 Å². The smallest absolute Gasteiger partial charge is 0.329 e. The van der Waals surface area contributed by atoms with Crippen LogP contribution in [0.1, 0.15) is 32.1 Å². The lowest BCUT2D eigenvalue weighted by molar-refractivity contribution is -0.206. The van der Waals surface area contributed by atoms with Gasteiger partial charge >= 0.3 is 11.9 Å². The highest BCUT2D eigenvalue weighted by molar-refractivity contribution is 5.88. The predicted molar refractivity (Wildman–Crippen MR) is 77.0 cm³/mol. The maximum Gasteiger partial charge on any atom is 0.329 e. The molecule has 128 valence electrons. The molecule has 0 amide bonds. The molecule has 1 spiro atoms. The molecule has 4 aliphatic rings. The van der Waals surface area contributed by atoms with Crippen LogP contribution in [0, 0.1) is 17.8 Å². The summed E-state index contributed by atoms with van der Waals surface area (Å²) in [6, 6.07) is 0. The second kappa shape index (κ2) is 4.91. The molecular weight excluding hydrogens is 302 g/mol. The van der Waals surface area contributed by atoms with Crippen LogP contribution < -0.4 is 5.73 Å². The largest absolute Gasteiger partial charge is 0.469 e. The van der Waals surface area contributed by atoms with Crippen LogP contribution in [-0.2, 0) is 28.5 Å². The number of methoxy groups -OCH3 is 2. The van der Waals surface area contributed by atoms with Crippen LogP contribution in [0.2, 0.25) is 0 Å². The molecular formula is C16H23NO6. The summed E-state index contributed by atoms with van der Waals surface area (Å²) in [6.07, 6.45) is 3.93. The molecule has 0 aromatic rings. The zero-order valence-corrected chi connectivity index (χ0v) is 13.4. The fourth-order valence-corrected chi connectivity index (χ4v) is 5.03. The number of carbonyl (C=O) groups is 2. The number of carbonyl (C=O) groups excluding carboxylic acids is 2. The highest BCUT2D eigenvalue weighted by Gasteiger charge is 2.82. The molecule has 0 radical (unpaired) electrons. The van der Waals surface area contributed by atoms with Crippen LogP contribution in [0.25, 0.3) is 0 Å². The summed E-state index contributed by atoms with van der Waals surface area (Å²) in [4.78, 5) is 24.4. The van der Waals surface area contributed by atoms with Gasteiger partial charge in [-0.1, -0.05) is 6.42 Å². The van der Waals surface area contributed by atoms with Gasteiger partial charge in [-0.15, -0.1) is 0 Å². The van der Waals surface area contributed by atoms with E-state index in [-0.39, 0.29) is 23.9 Å². The third-order valence-electron chi connectivity index (χ3n) is 6.10. The van der Waals surface area contributed by atoms with Crippen LogP contribution in [-0.4, -0.2) is 49.7 Å². The van der Waals surface area contributed by atoms with Crippen molar-refractivity contribution in [2.75, 3.05) is 14.2 Å². The Kier molecular flexibility index (Phi) is 3.28. The first-order chi connectivity index (χ1) is 11.0. The molecule has 1 aliphatic heterocycles. The zero-order valence-electron chi connectivity index (χ0n) is 13.4. The van der Waals surface area contributed by atoms with Gasteiger partial charge in [-0.25, -0.2) is 4.79 Å². The van der Waals surface area contributed by atoms with E-state index in [1.807, 2.05) is 0 Å². The molecule has 1 saturated heterocycles. The lowest BCUT2D eigenvalue weighted by Gasteiger charge is -2.35. The van der Waals surface area contributed by atoms with Crippen LogP contribution >= 0.6 is 0 Å². The Labute approximate surface area is 134 Å². The number of fused-ring (bicyclic) bond motifs is 3. The molecule has 7 nitrogen and oxygen atoms in total. The van der Waals surface area contributed by atoms with Gasteiger partial charge in [0.15, 0.2) is 5.79 Å². The zero-order chi connectivity index (χ0) is 16.4. The Bertz CT molecular complexity index is 545. The maximum atomic E-state index is 12.4. The van der Waals surface area contributed by atoms with E-state index in [1.165, 1.54) is 14.2 Å². The Morgan fingerprint density at radius 3 is 2.39 bits per heavy atom. The first kappa shape index (κ1) is 15.4. The average Bonchev–Trinajstić information content (AvgIpc) is 3.15. The molecule has 4 fully saturated rings. The second-order valence-corrected chi connectivity index (χ2v) is 7.17. The molecule has 6 atom stereocenters. The number of esters is 2. The van der Waals surface area contributed by atoms with E-state index in [2.05, 4.69) is 0 Å². The topological polar surface area (TPSA) is 97.1 Å². The summed E-state index contributed by atoms with van der Waals surface area (Å²) in [6.45, 7) is 0. The molecule has 2 unspecified atom stereocenters. The third-order valence-corrected chi connectivity index (χ3v) is 6.10. The molecule has 0 aromatic heterocycles. The molecule has 3 aliphatic carbocycles. The minimum Gasteiger partial charge on any atom is -0.469 e. The molecule has 3 saturated carbocycles. The van der Waals surface area contributed by atoms with Crippen LogP contribution in [0.4, 0.5) is 0 Å². The van der Waals surface area contributed by atoms with E-state index in [1.54, 1.807) is 0 Å². The quantitative estimate of drug-likeness (QED) is 0.732. The lowest BCUT2D eigenvalue weighted by atomic mass is 9.87. The highest BCUT2D eigenvalue weighted by atomic mass is 16.8. The third kappa shape index (κ3) is 1.87. The van der Waals surface area contributed by atoms with E-state index in [9.17, 15) is 9.59 Å². The molecule has 0 bridgehead atoms. The van der Waals surface area contributed by atoms with Crippen molar-refractivity contribution in [3.05, 3.63) is 0 Å². The van der Waals surface area contributed by atoms with Crippen molar-refractivity contribution in [1.82, 2.24) is 0 Å². The van der Waals surface area contributed by atoms with Gasteiger partial charge in [0.2, 0.25) is 0 Å². The van der Waals surface area contributed by atoms with Gasteiger partial charge in [0, 0.05) is 24.7 Å². The summed E-state index contributed by atoms with van der Waals surface area (Å²) in [7, 11) is 2.65. The standard InChI is InChI=1S/C16H23NO6/c1-20-13(18)9-8-10(9)16(17,14(19)21-2)12-11(8)22-15(23-12)6-4-3-5-7-15/h8-12H,3-7,17H2,1-2H3/t8-,9-,10-,11?,12?,16+/m0/s1. The van der Waals surface area contributed by atoms with Gasteiger partial charge in [0.05, 0.1) is 26.2 Å². The molecule has 2 N–H and O–H groups in total. The Morgan fingerprint density at radius 2 is 1.78 bits per heavy atom. The number of rotatable bonds is 2. The van der Waals surface area contributed by atoms with Crippen molar-refractivity contribution in [1.29, 1.82) is 0 Å². The molecule has 4 rings (SSSR count). The van der Waals surface area contributed by atoms with Crippen molar-refractivity contribution in [3.8, 4) is 0 Å². The number of ether oxygens (including phenoxy) is 4. The fourth-order valence-electron chi connectivity index (χ4n) is 5.03. The van der Waals surface area contributed by atoms with Crippen molar-refractivity contribution in [2.24, 2.45) is 23.5 Å². The molecule has 7 heteroatoms. The Morgan fingerprint density at radius 1 is 1.09 bits per heavy atom. The highest BCUT2D eigenvalue weighted by Crippen LogP contribution is 2.67. The van der Waals surface area contributed by atoms with E-state index in [0.717, 1.165) is 32.1 Å². The normalized spacial score (nSPS) is 46.1. The summed E-state index contributed by atoms with van der Waals surface area (Å²) >= 11 is 0. The first-order valence-corrected chi connectivity index (χ1v) is 8.29. The Hall–Kier alpha value is -1.18. The van der Waals surface area contributed by atoms with Crippen LogP contribution in [0.5, 0.6) is 0 Å². The molecule has 23 heavy (non-hydrogen) atoms. The lowest BCUT2D eigenvalue weighted by Crippen LogP contribution is -2.61. The summed E-state index contributed by atoms with van der Waals surface area (Å²) in [5.74, 6) is -2.40. The predicted octanol–water partition coefficient (Wildman–Crippen LogP) is 0.350. The minimum atomic E-state index is -1.34. The molecule has 0 aromatic carbocycles. The number of nitrogens with two attached hydrogens (primary N) is 1. The van der Waals surface area contributed by atoms with Gasteiger partial charge < -0.3 is 24.7 Å². The van der Waals surface area contributed by atoms with Crippen molar-refractivity contribution in [3.63, 3.8) is 0 Å². The van der Waals surface area contributed by atoms with E-state index in [4.69, 9.17) is 24.7 Å². The number of hydrogen-bond acceptors (Lipinski definition) is 7. The van der Waals surface area contributed by atoms with E-state index in [0.29, 0.717) is 0 Å². The SMILES string of the molecule is COC(=O)[C@H]1[C@@H]2C3OC4(CCCCC4)OC3[C@@](N)(C(=O)OC)[C@H]12. The molecule has 1 heterocycles. The monoisotopic (exact) mass is 325 g/mol. The van der Waals surface area contributed by atoms with Gasteiger partial charge in [-0.05, 0) is 12.8 Å². The van der Waals surface area contributed by atoms with Gasteiger partial charge in [-0.3, -0.25) is 4.79 Å². The van der Waals surface area contributed by atoms with Crippen molar-refractivity contribution >= 4 is 11.9 Å². The van der Waals surface area contributed by atoms with Crippen LogP contribution in [0.3, 0.4) is 0 Å². The first-order valence-electron chi connectivity index (χ1n) is 8.29. The van der Waals surface area contributed by atoms with E-state index < -0.39 is 29.3 Å².